The summed E-state index contributed by atoms with van der Waals surface area (Å²) in [6, 6.07) is 0. The van der Waals surface area contributed by atoms with Crippen LogP contribution in [0, 0.1) is 0 Å². The Hall–Kier alpha value is -0.960. The zero-order chi connectivity index (χ0) is 26.2. The lowest BCUT2D eigenvalue weighted by Gasteiger charge is -2.44. The van der Waals surface area contributed by atoms with E-state index in [-0.39, 0.29) is 13.8 Å². The van der Waals surface area contributed by atoms with Crippen molar-refractivity contribution in [2.45, 2.75) is 95.0 Å². The Labute approximate surface area is 176 Å². The van der Waals surface area contributed by atoms with Crippen LogP contribution in [0.15, 0.2) is 0 Å². The molecular formula is C17H24F12O3. The molecule has 3 unspecified atom stereocenters. The number of hydrogen-bond acceptors (Lipinski definition) is 3. The van der Waals surface area contributed by atoms with Crippen molar-refractivity contribution in [2.75, 3.05) is 13.3 Å². The molecule has 0 fully saturated rings. The standard InChI is InChI=1S/C17H24F12O3/c1-10(2,30-9-12(5,8-18)32-17(27,28)29)13(6,19)7-14(20,16(24,25)26)31-11(3,4)15(21,22)23/h7-9H2,1-6H3. The molecular weight excluding hydrogens is 480 g/mol. The van der Waals surface area contributed by atoms with Gasteiger partial charge >= 0.3 is 24.6 Å². The van der Waals surface area contributed by atoms with Crippen molar-refractivity contribution in [3.63, 3.8) is 0 Å². The summed E-state index contributed by atoms with van der Waals surface area (Å²) in [6.07, 6.45) is -19.4. The second-order valence-electron chi connectivity index (χ2n) is 8.64. The molecule has 0 saturated heterocycles. The molecule has 0 aliphatic rings. The molecule has 0 saturated carbocycles. The average molecular weight is 504 g/mol. The molecule has 0 N–H and O–H groups in total. The normalized spacial score (nSPS) is 20.4. The van der Waals surface area contributed by atoms with E-state index in [9.17, 15) is 48.3 Å². The maximum atomic E-state index is 15.2. The lowest BCUT2D eigenvalue weighted by atomic mass is 9.83. The predicted octanol–water partition coefficient (Wildman–Crippen LogP) is 6.75. The first-order valence-electron chi connectivity index (χ1n) is 8.82. The van der Waals surface area contributed by atoms with Gasteiger partial charge in [-0.05, 0) is 41.5 Å². The molecule has 3 atom stereocenters. The number of halogens is 12. The van der Waals surface area contributed by atoms with Gasteiger partial charge in [0.05, 0.1) is 18.6 Å². The Kier molecular flexibility index (Phi) is 8.73. The molecule has 0 aliphatic carbocycles. The molecule has 0 aromatic heterocycles. The average Bonchev–Trinajstić information content (AvgIpc) is 2.48. The van der Waals surface area contributed by atoms with E-state index in [0.29, 0.717) is 27.7 Å². The fourth-order valence-electron chi connectivity index (χ4n) is 2.15. The lowest BCUT2D eigenvalue weighted by Crippen LogP contribution is -2.60. The highest BCUT2D eigenvalue weighted by atomic mass is 19.4. The van der Waals surface area contributed by atoms with Crippen LogP contribution in [0.2, 0.25) is 0 Å². The number of alkyl halides is 12. The van der Waals surface area contributed by atoms with Crippen molar-refractivity contribution in [3.8, 4) is 0 Å². The maximum Gasteiger partial charge on any atom is 0.523 e. The van der Waals surface area contributed by atoms with E-state index < -0.39 is 66.7 Å². The molecule has 0 rings (SSSR count). The Bertz CT molecular complexity index is 624. The molecule has 3 nitrogen and oxygen atoms in total. The molecule has 0 bridgehead atoms. The fourth-order valence-corrected chi connectivity index (χ4v) is 2.15. The van der Waals surface area contributed by atoms with E-state index >= 15 is 4.39 Å². The third-order valence-corrected chi connectivity index (χ3v) is 4.72. The predicted molar refractivity (Wildman–Crippen MR) is 86.8 cm³/mol. The minimum Gasteiger partial charge on any atom is -0.369 e. The van der Waals surface area contributed by atoms with Crippen LogP contribution in [0.5, 0.6) is 0 Å². The van der Waals surface area contributed by atoms with Crippen molar-refractivity contribution in [1.29, 1.82) is 0 Å². The molecule has 0 radical (unpaired) electrons. The van der Waals surface area contributed by atoms with Gasteiger partial charge in [-0.1, -0.05) is 0 Å². The molecule has 15 heteroatoms. The van der Waals surface area contributed by atoms with Crippen LogP contribution < -0.4 is 0 Å². The minimum absolute atomic E-state index is 0.0887. The Morgan fingerprint density at radius 2 is 1.03 bits per heavy atom. The molecule has 194 valence electrons. The topological polar surface area (TPSA) is 27.7 Å². The van der Waals surface area contributed by atoms with Crippen LogP contribution in [-0.4, -0.2) is 60.3 Å². The first-order valence-corrected chi connectivity index (χ1v) is 8.82. The monoisotopic (exact) mass is 504 g/mol. The lowest BCUT2D eigenvalue weighted by molar-refractivity contribution is -0.405. The van der Waals surface area contributed by atoms with Gasteiger partial charge in [-0.2, -0.15) is 26.3 Å². The quantitative estimate of drug-likeness (QED) is 0.308. The van der Waals surface area contributed by atoms with Crippen molar-refractivity contribution in [3.05, 3.63) is 0 Å². The summed E-state index contributed by atoms with van der Waals surface area (Å²) < 4.78 is 171. The number of rotatable bonds is 10. The first-order chi connectivity index (χ1) is 13.6. The van der Waals surface area contributed by atoms with Crippen LogP contribution in [0.1, 0.15) is 48.0 Å². The first kappa shape index (κ1) is 31.0. The summed E-state index contributed by atoms with van der Waals surface area (Å²) in [5, 5.41) is 0. The van der Waals surface area contributed by atoms with E-state index in [1.54, 1.807) is 0 Å². The molecule has 32 heavy (non-hydrogen) atoms. The zero-order valence-corrected chi connectivity index (χ0v) is 17.9. The summed E-state index contributed by atoms with van der Waals surface area (Å²) in [5.41, 5.74) is -12.5. The van der Waals surface area contributed by atoms with Crippen LogP contribution in [0.4, 0.5) is 52.7 Å². The van der Waals surface area contributed by atoms with E-state index in [0.717, 1.165) is 0 Å². The molecule has 0 heterocycles. The van der Waals surface area contributed by atoms with Gasteiger partial charge in [-0.15, -0.1) is 13.2 Å². The number of ether oxygens (including phenoxy) is 3. The largest absolute Gasteiger partial charge is 0.523 e. The number of hydrogen-bond donors (Lipinski definition) is 0. The van der Waals surface area contributed by atoms with Gasteiger partial charge in [0, 0.05) is 0 Å². The van der Waals surface area contributed by atoms with Gasteiger partial charge in [0.1, 0.15) is 17.9 Å². The Balaban J connectivity index is 5.87. The van der Waals surface area contributed by atoms with Gasteiger partial charge < -0.3 is 9.47 Å². The van der Waals surface area contributed by atoms with Crippen molar-refractivity contribution in [1.82, 2.24) is 0 Å². The Morgan fingerprint density at radius 1 is 0.594 bits per heavy atom. The molecule has 0 aromatic rings. The summed E-state index contributed by atoms with van der Waals surface area (Å²) in [4.78, 5) is 0. The van der Waals surface area contributed by atoms with Crippen molar-refractivity contribution in [2.24, 2.45) is 0 Å². The van der Waals surface area contributed by atoms with Crippen LogP contribution in [0.3, 0.4) is 0 Å². The van der Waals surface area contributed by atoms with E-state index in [1.807, 2.05) is 0 Å². The summed E-state index contributed by atoms with van der Waals surface area (Å²) in [7, 11) is 0. The smallest absolute Gasteiger partial charge is 0.369 e. The molecule has 0 spiro atoms. The highest BCUT2D eigenvalue weighted by Gasteiger charge is 2.67. The second-order valence-corrected chi connectivity index (χ2v) is 8.64. The van der Waals surface area contributed by atoms with E-state index in [1.165, 1.54) is 0 Å². The molecule has 0 aromatic carbocycles. The second kappa shape index (κ2) is 9.01. The zero-order valence-electron chi connectivity index (χ0n) is 17.9. The van der Waals surface area contributed by atoms with Crippen LogP contribution in [-0.2, 0) is 14.2 Å². The van der Waals surface area contributed by atoms with Crippen molar-refractivity contribution >= 4 is 0 Å². The summed E-state index contributed by atoms with van der Waals surface area (Å²) >= 11 is 0. The fraction of sp³-hybridized carbons (Fsp3) is 1.00. The molecule has 0 amide bonds. The van der Waals surface area contributed by atoms with Gasteiger partial charge in [0.25, 0.3) is 0 Å². The SMILES string of the molecule is CC(CF)(COC(C)(C)C(C)(F)CC(F)(OC(C)(C)C(F)(F)F)C(F)(F)F)OC(F)(F)F. The Morgan fingerprint density at radius 3 is 1.34 bits per heavy atom. The van der Waals surface area contributed by atoms with E-state index in [4.69, 9.17) is 4.74 Å². The molecule has 0 aliphatic heterocycles. The van der Waals surface area contributed by atoms with Crippen LogP contribution >= 0.6 is 0 Å². The van der Waals surface area contributed by atoms with E-state index in [2.05, 4.69) is 9.47 Å². The van der Waals surface area contributed by atoms with Crippen LogP contribution in [0.25, 0.3) is 0 Å². The highest BCUT2D eigenvalue weighted by molar-refractivity contribution is 5.00. The third-order valence-electron chi connectivity index (χ3n) is 4.72. The summed E-state index contributed by atoms with van der Waals surface area (Å²) in [6.45, 7) is -0.739. The van der Waals surface area contributed by atoms with Gasteiger partial charge in [0.15, 0.2) is 5.60 Å². The van der Waals surface area contributed by atoms with Crippen molar-refractivity contribution < 1.29 is 66.9 Å². The minimum atomic E-state index is -6.15. The van der Waals surface area contributed by atoms with Gasteiger partial charge in [0.2, 0.25) is 0 Å². The summed E-state index contributed by atoms with van der Waals surface area (Å²) in [5.74, 6) is -5.18. The third kappa shape index (κ3) is 7.82. The van der Waals surface area contributed by atoms with Gasteiger partial charge in [-0.3, -0.25) is 4.74 Å². The highest BCUT2D eigenvalue weighted by Crippen LogP contribution is 2.50. The van der Waals surface area contributed by atoms with Gasteiger partial charge in [-0.25, -0.2) is 13.2 Å². The maximum absolute atomic E-state index is 15.2.